The molecule has 0 spiro atoms. The van der Waals surface area contributed by atoms with Crippen LogP contribution in [0.1, 0.15) is 32.0 Å². The Morgan fingerprint density at radius 3 is 2.62 bits per heavy atom. The summed E-state index contributed by atoms with van der Waals surface area (Å²) in [5.74, 6) is 0. The number of rotatable bonds is 4. The lowest BCUT2D eigenvalue weighted by Gasteiger charge is -2.34. The number of nitrogens with one attached hydrogen (secondary N) is 2. The van der Waals surface area contributed by atoms with E-state index in [0.717, 1.165) is 44.1 Å². The molecule has 1 aliphatic heterocycles. The maximum atomic E-state index is 4.42. The summed E-state index contributed by atoms with van der Waals surface area (Å²) in [5, 5.41) is 11.0. The number of anilines is 2. The van der Waals surface area contributed by atoms with Crippen LogP contribution in [-0.2, 0) is 12.0 Å². The number of likely N-dealkylation sites (N-methyl/N-ethyl adjacent to an activating group) is 1. The average molecular weight is 327 g/mol. The van der Waals surface area contributed by atoms with Crippen LogP contribution in [0.15, 0.2) is 30.5 Å². The van der Waals surface area contributed by atoms with E-state index in [1.807, 2.05) is 6.20 Å². The van der Waals surface area contributed by atoms with Crippen LogP contribution in [-0.4, -0.2) is 48.3 Å². The highest BCUT2D eigenvalue weighted by Gasteiger charge is 2.20. The zero-order chi connectivity index (χ0) is 17.2. The quantitative estimate of drug-likeness (QED) is 0.906. The zero-order valence-electron chi connectivity index (χ0n) is 15.3. The van der Waals surface area contributed by atoms with E-state index in [9.17, 15) is 0 Å². The minimum absolute atomic E-state index is 0.0543. The summed E-state index contributed by atoms with van der Waals surface area (Å²) in [6.45, 7) is 11.8. The Balaban J connectivity index is 1.66. The largest absolute Gasteiger partial charge is 0.381 e. The predicted octanol–water partition coefficient (Wildman–Crippen LogP) is 3.07. The molecule has 0 radical (unpaired) electrons. The Kier molecular flexibility index (Phi) is 4.81. The molecular weight excluding hydrogens is 298 g/mol. The standard InChI is InChI=1S/C19H29N5/c1-19(2,3)18-15(14-21-22-18)13-20-16-6-5-7-17(12-16)24-10-8-23(4)9-11-24/h5-7,12,14,20H,8-11,13H2,1-4H3,(H,21,22). The normalized spacial score (nSPS) is 16.4. The predicted molar refractivity (Wildman–Crippen MR) is 101 cm³/mol. The van der Waals surface area contributed by atoms with E-state index in [-0.39, 0.29) is 5.41 Å². The maximum absolute atomic E-state index is 4.42. The topological polar surface area (TPSA) is 47.2 Å². The first-order valence-electron chi connectivity index (χ1n) is 8.74. The van der Waals surface area contributed by atoms with Gasteiger partial charge in [-0.1, -0.05) is 26.8 Å². The number of benzene rings is 1. The molecular formula is C19H29N5. The maximum Gasteiger partial charge on any atom is 0.0725 e. The molecule has 0 unspecified atom stereocenters. The molecule has 0 amide bonds. The van der Waals surface area contributed by atoms with Crippen molar-refractivity contribution in [2.75, 3.05) is 43.4 Å². The first-order chi connectivity index (χ1) is 11.4. The van der Waals surface area contributed by atoms with Gasteiger partial charge in [-0.3, -0.25) is 5.10 Å². The molecule has 0 bridgehead atoms. The van der Waals surface area contributed by atoms with E-state index in [2.05, 4.69) is 77.4 Å². The lowest BCUT2D eigenvalue weighted by atomic mass is 9.89. The molecule has 0 saturated carbocycles. The van der Waals surface area contributed by atoms with Gasteiger partial charge < -0.3 is 15.1 Å². The van der Waals surface area contributed by atoms with Crippen molar-refractivity contribution in [3.63, 3.8) is 0 Å². The van der Waals surface area contributed by atoms with Crippen LogP contribution in [0.4, 0.5) is 11.4 Å². The van der Waals surface area contributed by atoms with Gasteiger partial charge >= 0.3 is 0 Å². The lowest BCUT2D eigenvalue weighted by Crippen LogP contribution is -2.44. The molecule has 2 heterocycles. The number of H-pyrrole nitrogens is 1. The summed E-state index contributed by atoms with van der Waals surface area (Å²) in [7, 11) is 2.19. The van der Waals surface area contributed by atoms with Crippen molar-refractivity contribution < 1.29 is 0 Å². The van der Waals surface area contributed by atoms with Crippen molar-refractivity contribution in [3.05, 3.63) is 41.7 Å². The molecule has 0 atom stereocenters. The van der Waals surface area contributed by atoms with E-state index in [4.69, 9.17) is 0 Å². The molecule has 1 aromatic carbocycles. The number of hydrogen-bond acceptors (Lipinski definition) is 4. The van der Waals surface area contributed by atoms with Crippen molar-refractivity contribution in [3.8, 4) is 0 Å². The van der Waals surface area contributed by atoms with Gasteiger partial charge in [-0.25, -0.2) is 0 Å². The van der Waals surface area contributed by atoms with Crippen LogP contribution in [0.5, 0.6) is 0 Å². The summed E-state index contributed by atoms with van der Waals surface area (Å²) < 4.78 is 0. The molecule has 130 valence electrons. The Labute approximate surface area is 145 Å². The van der Waals surface area contributed by atoms with Crippen LogP contribution in [0.2, 0.25) is 0 Å². The van der Waals surface area contributed by atoms with Crippen LogP contribution in [0.25, 0.3) is 0 Å². The van der Waals surface area contributed by atoms with Gasteiger partial charge in [0.05, 0.1) is 5.69 Å². The van der Waals surface area contributed by atoms with E-state index in [0.29, 0.717) is 0 Å². The molecule has 5 heteroatoms. The van der Waals surface area contributed by atoms with Crippen LogP contribution in [0, 0.1) is 0 Å². The molecule has 1 aliphatic rings. The minimum atomic E-state index is 0.0543. The molecule has 2 N–H and O–H groups in total. The fourth-order valence-electron chi connectivity index (χ4n) is 3.17. The Morgan fingerprint density at radius 2 is 1.92 bits per heavy atom. The summed E-state index contributed by atoms with van der Waals surface area (Å²) in [5.41, 5.74) is 4.88. The van der Waals surface area contributed by atoms with Crippen molar-refractivity contribution >= 4 is 11.4 Å². The average Bonchev–Trinajstić information content (AvgIpc) is 3.03. The Hall–Kier alpha value is -2.01. The van der Waals surface area contributed by atoms with Gasteiger partial charge in [0.2, 0.25) is 0 Å². The van der Waals surface area contributed by atoms with Gasteiger partial charge in [0.15, 0.2) is 0 Å². The van der Waals surface area contributed by atoms with E-state index < -0.39 is 0 Å². The summed E-state index contributed by atoms with van der Waals surface area (Å²) in [6.07, 6.45) is 2.00. The van der Waals surface area contributed by atoms with Crippen molar-refractivity contribution in [1.82, 2.24) is 15.1 Å². The van der Waals surface area contributed by atoms with E-state index >= 15 is 0 Å². The Bertz CT molecular complexity index is 662. The molecule has 1 saturated heterocycles. The first kappa shape index (κ1) is 16.8. The first-order valence-corrected chi connectivity index (χ1v) is 8.74. The molecule has 1 aromatic heterocycles. The van der Waals surface area contributed by atoms with Gasteiger partial charge in [-0.05, 0) is 25.2 Å². The Morgan fingerprint density at radius 1 is 1.17 bits per heavy atom. The smallest absolute Gasteiger partial charge is 0.0725 e. The summed E-state index contributed by atoms with van der Waals surface area (Å²) in [4.78, 5) is 4.84. The monoisotopic (exact) mass is 327 g/mol. The van der Waals surface area contributed by atoms with E-state index in [1.54, 1.807) is 0 Å². The number of piperazine rings is 1. The van der Waals surface area contributed by atoms with Gasteiger partial charge in [0.25, 0.3) is 0 Å². The highest BCUT2D eigenvalue weighted by Crippen LogP contribution is 2.25. The van der Waals surface area contributed by atoms with Crippen LogP contribution < -0.4 is 10.2 Å². The van der Waals surface area contributed by atoms with Gasteiger partial charge in [0.1, 0.15) is 0 Å². The number of hydrogen-bond donors (Lipinski definition) is 2. The van der Waals surface area contributed by atoms with Crippen molar-refractivity contribution in [2.45, 2.75) is 32.7 Å². The summed E-state index contributed by atoms with van der Waals surface area (Å²) >= 11 is 0. The molecule has 3 rings (SSSR count). The second kappa shape index (κ2) is 6.85. The second-order valence-corrected chi connectivity index (χ2v) is 7.70. The minimum Gasteiger partial charge on any atom is -0.381 e. The third-order valence-corrected chi connectivity index (χ3v) is 4.63. The highest BCUT2D eigenvalue weighted by atomic mass is 15.2. The third kappa shape index (κ3) is 3.90. The van der Waals surface area contributed by atoms with Crippen molar-refractivity contribution in [1.29, 1.82) is 0 Å². The van der Waals surface area contributed by atoms with Gasteiger partial charge in [-0.15, -0.1) is 0 Å². The summed E-state index contributed by atoms with van der Waals surface area (Å²) in [6, 6.07) is 8.73. The molecule has 1 fully saturated rings. The number of nitrogens with zero attached hydrogens (tertiary/aromatic N) is 3. The lowest BCUT2D eigenvalue weighted by molar-refractivity contribution is 0.313. The van der Waals surface area contributed by atoms with Crippen LogP contribution in [0.3, 0.4) is 0 Å². The zero-order valence-corrected chi connectivity index (χ0v) is 15.3. The molecule has 2 aromatic rings. The van der Waals surface area contributed by atoms with Gasteiger partial charge in [-0.2, -0.15) is 5.10 Å². The van der Waals surface area contributed by atoms with Crippen molar-refractivity contribution in [2.24, 2.45) is 0 Å². The van der Waals surface area contributed by atoms with E-state index in [1.165, 1.54) is 11.3 Å². The van der Waals surface area contributed by atoms with Crippen LogP contribution >= 0.6 is 0 Å². The molecule has 24 heavy (non-hydrogen) atoms. The molecule has 0 aliphatic carbocycles. The molecule has 5 nitrogen and oxygen atoms in total. The SMILES string of the molecule is CN1CCN(c2cccc(NCc3c[nH]nc3C(C)(C)C)c2)CC1. The fourth-order valence-corrected chi connectivity index (χ4v) is 3.17. The number of aromatic nitrogens is 2. The highest BCUT2D eigenvalue weighted by molar-refractivity contribution is 5.58. The second-order valence-electron chi connectivity index (χ2n) is 7.70. The van der Waals surface area contributed by atoms with Gasteiger partial charge in [0, 0.05) is 61.3 Å². The fraction of sp³-hybridized carbons (Fsp3) is 0.526. The third-order valence-electron chi connectivity index (χ3n) is 4.63. The number of aromatic amines is 1.